The number of morpholine rings is 1. The largest absolute Gasteiger partial charge is 0.478 e. The summed E-state index contributed by atoms with van der Waals surface area (Å²) in [5, 5.41) is 14.3. The molecular formula is C13H15FN2O4. The number of anilines is 1. The number of halogens is 1. The van der Waals surface area contributed by atoms with Crippen molar-refractivity contribution in [1.29, 1.82) is 0 Å². The summed E-state index contributed by atoms with van der Waals surface area (Å²) < 4.78 is 18.9. The van der Waals surface area contributed by atoms with E-state index in [2.05, 4.69) is 10.6 Å². The number of carboxylic acids is 1. The van der Waals surface area contributed by atoms with Gasteiger partial charge in [0.1, 0.15) is 5.82 Å². The van der Waals surface area contributed by atoms with E-state index >= 15 is 0 Å². The number of benzene rings is 1. The normalized spacial score (nSPS) is 18.6. The maximum Gasteiger partial charge on any atom is 0.335 e. The van der Waals surface area contributed by atoms with E-state index in [0.717, 1.165) is 24.7 Å². The van der Waals surface area contributed by atoms with E-state index in [4.69, 9.17) is 9.84 Å². The monoisotopic (exact) mass is 282 g/mol. The highest BCUT2D eigenvalue weighted by molar-refractivity contribution is 5.94. The van der Waals surface area contributed by atoms with Crippen LogP contribution in [-0.4, -0.2) is 42.8 Å². The molecule has 0 aliphatic carbocycles. The molecule has 1 heterocycles. The van der Waals surface area contributed by atoms with E-state index in [1.807, 2.05) is 0 Å². The second-order valence-electron chi connectivity index (χ2n) is 4.45. The molecule has 7 heteroatoms. The van der Waals surface area contributed by atoms with E-state index in [9.17, 15) is 14.0 Å². The second kappa shape index (κ2) is 6.44. The number of carbonyl (C=O) groups is 2. The number of ether oxygens (including phenoxy) is 1. The van der Waals surface area contributed by atoms with Gasteiger partial charge in [-0.3, -0.25) is 4.79 Å². The third kappa shape index (κ3) is 3.75. The molecule has 0 spiro atoms. The zero-order chi connectivity index (χ0) is 14.5. The van der Waals surface area contributed by atoms with Crippen molar-refractivity contribution in [1.82, 2.24) is 5.32 Å². The van der Waals surface area contributed by atoms with Crippen LogP contribution in [0, 0.1) is 5.82 Å². The summed E-state index contributed by atoms with van der Waals surface area (Å²) in [6.45, 7) is 1.83. The molecule has 108 valence electrons. The molecule has 1 atom stereocenters. The van der Waals surface area contributed by atoms with Crippen LogP contribution in [0.3, 0.4) is 0 Å². The van der Waals surface area contributed by atoms with Gasteiger partial charge in [-0.05, 0) is 18.2 Å². The highest BCUT2D eigenvalue weighted by Gasteiger charge is 2.18. The highest BCUT2D eigenvalue weighted by atomic mass is 19.1. The van der Waals surface area contributed by atoms with Crippen molar-refractivity contribution >= 4 is 17.6 Å². The topological polar surface area (TPSA) is 87.7 Å². The van der Waals surface area contributed by atoms with Gasteiger partial charge in [0.2, 0.25) is 5.91 Å². The summed E-state index contributed by atoms with van der Waals surface area (Å²) in [5.74, 6) is -2.27. The van der Waals surface area contributed by atoms with E-state index < -0.39 is 17.7 Å². The summed E-state index contributed by atoms with van der Waals surface area (Å²) in [4.78, 5) is 22.6. The first kappa shape index (κ1) is 14.4. The van der Waals surface area contributed by atoms with Crippen LogP contribution < -0.4 is 10.6 Å². The molecule has 1 saturated heterocycles. The summed E-state index contributed by atoms with van der Waals surface area (Å²) in [6.07, 6.45) is -0.168. The molecule has 0 bridgehead atoms. The van der Waals surface area contributed by atoms with E-state index in [1.165, 1.54) is 0 Å². The molecule has 0 saturated carbocycles. The Balaban J connectivity index is 1.99. The lowest BCUT2D eigenvalue weighted by molar-refractivity contribution is -0.119. The van der Waals surface area contributed by atoms with Gasteiger partial charge in [-0.25, -0.2) is 9.18 Å². The quantitative estimate of drug-likeness (QED) is 0.761. The lowest BCUT2D eigenvalue weighted by Gasteiger charge is -2.23. The Kier molecular flexibility index (Phi) is 4.65. The first-order valence-electron chi connectivity index (χ1n) is 6.21. The second-order valence-corrected chi connectivity index (χ2v) is 4.45. The van der Waals surface area contributed by atoms with Gasteiger partial charge in [0, 0.05) is 13.1 Å². The van der Waals surface area contributed by atoms with Gasteiger partial charge >= 0.3 is 5.97 Å². The van der Waals surface area contributed by atoms with Crippen molar-refractivity contribution in [2.75, 3.05) is 25.0 Å². The number of hydrogen-bond donors (Lipinski definition) is 3. The maximum absolute atomic E-state index is 13.5. The number of carbonyl (C=O) groups excluding carboxylic acids is 1. The molecule has 1 unspecified atom stereocenters. The fourth-order valence-electron chi connectivity index (χ4n) is 1.91. The fraction of sp³-hybridized carbons (Fsp3) is 0.385. The Bertz CT molecular complexity index is 515. The van der Waals surface area contributed by atoms with Crippen molar-refractivity contribution in [2.24, 2.45) is 0 Å². The molecule has 1 aliphatic rings. The number of carboxylic acid groups (broad SMARTS) is 1. The third-order valence-corrected chi connectivity index (χ3v) is 2.90. The van der Waals surface area contributed by atoms with Gasteiger partial charge in [-0.1, -0.05) is 0 Å². The van der Waals surface area contributed by atoms with Crippen molar-refractivity contribution in [3.05, 3.63) is 29.6 Å². The van der Waals surface area contributed by atoms with Crippen LogP contribution in [0.1, 0.15) is 16.8 Å². The number of nitrogens with one attached hydrogen (secondary N) is 2. The van der Waals surface area contributed by atoms with Crippen LogP contribution in [0.5, 0.6) is 0 Å². The van der Waals surface area contributed by atoms with Gasteiger partial charge in [-0.15, -0.1) is 0 Å². The van der Waals surface area contributed by atoms with Crippen molar-refractivity contribution in [3.8, 4) is 0 Å². The Morgan fingerprint density at radius 2 is 2.30 bits per heavy atom. The highest BCUT2D eigenvalue weighted by Crippen LogP contribution is 2.17. The first-order valence-corrected chi connectivity index (χ1v) is 6.21. The number of rotatable bonds is 4. The van der Waals surface area contributed by atoms with E-state index in [1.54, 1.807) is 0 Å². The zero-order valence-electron chi connectivity index (χ0n) is 10.7. The number of hydrogen-bond acceptors (Lipinski definition) is 4. The van der Waals surface area contributed by atoms with E-state index in [-0.39, 0.29) is 23.8 Å². The summed E-state index contributed by atoms with van der Waals surface area (Å²) >= 11 is 0. The minimum absolute atomic E-state index is 0.0858. The van der Waals surface area contributed by atoms with Crippen LogP contribution in [0.2, 0.25) is 0 Å². The zero-order valence-corrected chi connectivity index (χ0v) is 10.7. The predicted molar refractivity (Wildman–Crippen MR) is 69.2 cm³/mol. The standard InChI is InChI=1S/C13H15FN2O4/c14-10-2-1-8(13(18)19)5-11(10)16-12(17)6-9-7-15-3-4-20-9/h1-2,5,9,15H,3-4,6-7H2,(H,16,17)(H,18,19). The van der Waals surface area contributed by atoms with Gasteiger partial charge < -0.3 is 20.5 Å². The Morgan fingerprint density at radius 1 is 1.50 bits per heavy atom. The van der Waals surface area contributed by atoms with Gasteiger partial charge in [0.05, 0.1) is 30.4 Å². The molecule has 1 fully saturated rings. The van der Waals surface area contributed by atoms with Crippen molar-refractivity contribution in [3.63, 3.8) is 0 Å². The Labute approximate surface area is 114 Å². The molecule has 0 aromatic heterocycles. The molecule has 1 amide bonds. The SMILES string of the molecule is O=C(CC1CNCCO1)Nc1cc(C(=O)O)ccc1F. The lowest BCUT2D eigenvalue weighted by atomic mass is 10.1. The Hall–Kier alpha value is -1.99. The molecule has 0 radical (unpaired) electrons. The first-order chi connectivity index (χ1) is 9.56. The summed E-state index contributed by atoms with van der Waals surface area (Å²) in [5.41, 5.74) is -0.226. The molecule has 1 aromatic rings. The van der Waals surface area contributed by atoms with Crippen molar-refractivity contribution < 1.29 is 23.8 Å². The maximum atomic E-state index is 13.5. The number of amides is 1. The summed E-state index contributed by atoms with van der Waals surface area (Å²) in [6, 6.07) is 3.24. The van der Waals surface area contributed by atoms with Gasteiger partial charge in [-0.2, -0.15) is 0 Å². The molecule has 3 N–H and O–H groups in total. The molecular weight excluding hydrogens is 267 g/mol. The summed E-state index contributed by atoms with van der Waals surface area (Å²) in [7, 11) is 0. The minimum Gasteiger partial charge on any atom is -0.478 e. The lowest BCUT2D eigenvalue weighted by Crippen LogP contribution is -2.40. The molecule has 6 nitrogen and oxygen atoms in total. The smallest absolute Gasteiger partial charge is 0.335 e. The van der Waals surface area contributed by atoms with Gasteiger partial charge in [0.15, 0.2) is 0 Å². The van der Waals surface area contributed by atoms with Crippen LogP contribution in [-0.2, 0) is 9.53 Å². The fourth-order valence-corrected chi connectivity index (χ4v) is 1.91. The number of aromatic carboxylic acids is 1. The van der Waals surface area contributed by atoms with E-state index in [0.29, 0.717) is 13.2 Å². The van der Waals surface area contributed by atoms with Crippen molar-refractivity contribution in [2.45, 2.75) is 12.5 Å². The minimum atomic E-state index is -1.18. The predicted octanol–water partition coefficient (Wildman–Crippen LogP) is 0.841. The van der Waals surface area contributed by atoms with Crippen LogP contribution >= 0.6 is 0 Å². The Morgan fingerprint density at radius 3 is 2.95 bits per heavy atom. The van der Waals surface area contributed by atoms with Crippen LogP contribution in [0.4, 0.5) is 10.1 Å². The molecule has 2 rings (SSSR count). The average molecular weight is 282 g/mol. The molecule has 20 heavy (non-hydrogen) atoms. The van der Waals surface area contributed by atoms with Gasteiger partial charge in [0.25, 0.3) is 0 Å². The third-order valence-electron chi connectivity index (χ3n) is 2.90. The van der Waals surface area contributed by atoms with Crippen LogP contribution in [0.25, 0.3) is 0 Å². The molecule has 1 aliphatic heterocycles. The average Bonchev–Trinajstić information content (AvgIpc) is 2.42. The molecule has 1 aromatic carbocycles. The van der Waals surface area contributed by atoms with Crippen LogP contribution in [0.15, 0.2) is 18.2 Å².